The van der Waals surface area contributed by atoms with Gasteiger partial charge in [0.05, 0.1) is 37.1 Å². The van der Waals surface area contributed by atoms with Crippen LogP contribution in [0, 0.1) is 0 Å². The molecule has 0 bridgehead atoms. The van der Waals surface area contributed by atoms with E-state index in [0.717, 1.165) is 5.56 Å². The number of nitrogens with zero attached hydrogens (tertiary/aromatic N) is 1. The van der Waals surface area contributed by atoms with Gasteiger partial charge in [0.15, 0.2) is 0 Å². The molecule has 0 aromatic heterocycles. The van der Waals surface area contributed by atoms with E-state index >= 15 is 0 Å². The minimum absolute atomic E-state index is 0.172. The number of aliphatic hydroxyl groups is 1. The minimum atomic E-state index is -0.622. The maximum Gasteiger partial charge on any atom is 0.319 e. The zero-order chi connectivity index (χ0) is 16.6. The zero-order valence-electron chi connectivity index (χ0n) is 13.0. The van der Waals surface area contributed by atoms with Gasteiger partial charge in [-0.3, -0.25) is 4.79 Å². The van der Waals surface area contributed by atoms with Gasteiger partial charge in [-0.05, 0) is 24.6 Å². The topological polar surface area (TPSA) is 90.9 Å². The molecule has 0 saturated carbocycles. The highest BCUT2D eigenvalue weighted by Crippen LogP contribution is 2.33. The van der Waals surface area contributed by atoms with Crippen LogP contribution in [0.2, 0.25) is 0 Å². The minimum Gasteiger partial charge on any atom is -0.497 e. The Kier molecular flexibility index (Phi) is 3.96. The summed E-state index contributed by atoms with van der Waals surface area (Å²) >= 11 is 0. The van der Waals surface area contributed by atoms with Gasteiger partial charge in [-0.25, -0.2) is 4.79 Å². The highest BCUT2D eigenvalue weighted by molar-refractivity contribution is 6.01. The van der Waals surface area contributed by atoms with Gasteiger partial charge < -0.3 is 25.4 Å². The lowest BCUT2D eigenvalue weighted by molar-refractivity contribution is -0.126. The van der Waals surface area contributed by atoms with Gasteiger partial charge in [-0.2, -0.15) is 0 Å². The fraction of sp³-hybridized carbons (Fsp3) is 0.375. The number of benzene rings is 1. The summed E-state index contributed by atoms with van der Waals surface area (Å²) in [6.45, 7) is 2.17. The largest absolute Gasteiger partial charge is 0.497 e. The normalized spacial score (nSPS) is 21.7. The number of aliphatic hydroxyl groups excluding tert-OH is 1. The lowest BCUT2D eigenvalue weighted by Gasteiger charge is -2.25. The summed E-state index contributed by atoms with van der Waals surface area (Å²) < 4.78 is 5.13. The Morgan fingerprint density at radius 1 is 1.35 bits per heavy atom. The third kappa shape index (κ3) is 2.87. The first-order valence-electron chi connectivity index (χ1n) is 7.41. The van der Waals surface area contributed by atoms with Crippen molar-refractivity contribution in [1.29, 1.82) is 0 Å². The van der Waals surface area contributed by atoms with E-state index in [-0.39, 0.29) is 18.5 Å². The molecule has 3 N–H and O–H groups in total. The maximum absolute atomic E-state index is 12.6. The predicted octanol–water partition coefficient (Wildman–Crippen LogP) is 0.526. The van der Waals surface area contributed by atoms with Crippen molar-refractivity contribution in [2.24, 2.45) is 0 Å². The zero-order valence-corrected chi connectivity index (χ0v) is 13.0. The molecular weight excluding hydrogens is 298 g/mol. The highest BCUT2D eigenvalue weighted by Gasteiger charge is 2.40. The third-order valence-electron chi connectivity index (χ3n) is 3.95. The van der Waals surface area contributed by atoms with Crippen LogP contribution in [-0.4, -0.2) is 48.2 Å². The molecule has 23 heavy (non-hydrogen) atoms. The van der Waals surface area contributed by atoms with Crippen molar-refractivity contribution in [2.75, 3.05) is 20.2 Å². The Balaban J connectivity index is 1.92. The van der Waals surface area contributed by atoms with Crippen molar-refractivity contribution < 1.29 is 19.4 Å². The van der Waals surface area contributed by atoms with E-state index < -0.39 is 12.1 Å². The van der Waals surface area contributed by atoms with Crippen molar-refractivity contribution in [3.8, 4) is 5.75 Å². The fourth-order valence-corrected chi connectivity index (χ4v) is 2.94. The lowest BCUT2D eigenvalue weighted by Crippen LogP contribution is -2.44. The number of β-amino-alcohol motifs (C(OH)–C–C–N with tert-alkyl or cyclic N) is 1. The average molecular weight is 317 g/mol. The van der Waals surface area contributed by atoms with Gasteiger partial charge in [0.25, 0.3) is 5.91 Å². The SMILES string of the molecule is COc1ccc([C@H]2NC(=O)NC3=C2C(=O)N(C[C@H](C)O)C3)cc1. The summed E-state index contributed by atoms with van der Waals surface area (Å²) in [5.74, 6) is 0.533. The van der Waals surface area contributed by atoms with E-state index in [0.29, 0.717) is 23.6 Å². The van der Waals surface area contributed by atoms with Crippen molar-refractivity contribution in [1.82, 2.24) is 15.5 Å². The van der Waals surface area contributed by atoms with Gasteiger partial charge in [-0.1, -0.05) is 12.1 Å². The molecule has 7 heteroatoms. The Hall–Kier alpha value is -2.54. The number of urea groups is 1. The lowest BCUT2D eigenvalue weighted by atomic mass is 9.96. The van der Waals surface area contributed by atoms with Gasteiger partial charge in [0.1, 0.15) is 5.75 Å². The van der Waals surface area contributed by atoms with Gasteiger partial charge >= 0.3 is 6.03 Å². The summed E-state index contributed by atoms with van der Waals surface area (Å²) in [5, 5.41) is 15.0. The molecule has 2 heterocycles. The first-order valence-corrected chi connectivity index (χ1v) is 7.41. The number of ether oxygens (including phenoxy) is 1. The van der Waals surface area contributed by atoms with Crippen LogP contribution >= 0.6 is 0 Å². The Labute approximate surface area is 133 Å². The van der Waals surface area contributed by atoms with E-state index in [4.69, 9.17) is 4.74 Å². The number of carbonyl (C=O) groups excluding carboxylic acids is 2. The molecule has 0 radical (unpaired) electrons. The van der Waals surface area contributed by atoms with Gasteiger partial charge in [-0.15, -0.1) is 0 Å². The van der Waals surface area contributed by atoms with Crippen molar-refractivity contribution in [2.45, 2.75) is 19.1 Å². The molecule has 2 aliphatic heterocycles. The standard InChI is InChI=1S/C16H19N3O4/c1-9(20)7-19-8-12-13(15(19)21)14(18-16(22)17-12)10-3-5-11(23-2)6-4-10/h3-6,9,14,20H,7-8H2,1-2H3,(H2,17,18,22)/t9-,14+/m0/s1. The van der Waals surface area contributed by atoms with Crippen LogP contribution in [0.4, 0.5) is 4.79 Å². The quantitative estimate of drug-likeness (QED) is 0.755. The molecule has 2 aliphatic rings. The van der Waals surface area contributed by atoms with Crippen molar-refractivity contribution in [3.05, 3.63) is 41.1 Å². The Morgan fingerprint density at radius 2 is 2.04 bits per heavy atom. The molecule has 0 fully saturated rings. The maximum atomic E-state index is 12.6. The first-order chi connectivity index (χ1) is 11.0. The summed E-state index contributed by atoms with van der Waals surface area (Å²) in [5.41, 5.74) is 1.93. The molecule has 1 aromatic carbocycles. The second kappa shape index (κ2) is 5.92. The molecule has 7 nitrogen and oxygen atoms in total. The predicted molar refractivity (Wildman–Crippen MR) is 82.7 cm³/mol. The summed E-state index contributed by atoms with van der Waals surface area (Å²) in [4.78, 5) is 26.1. The number of rotatable bonds is 4. The van der Waals surface area contributed by atoms with E-state index in [2.05, 4.69) is 10.6 Å². The first kappa shape index (κ1) is 15.4. The fourth-order valence-electron chi connectivity index (χ4n) is 2.94. The van der Waals surface area contributed by atoms with Crippen LogP contribution in [0.1, 0.15) is 18.5 Å². The van der Waals surface area contributed by atoms with Crippen molar-refractivity contribution in [3.63, 3.8) is 0 Å². The molecule has 0 saturated heterocycles. The molecule has 0 spiro atoms. The molecule has 0 unspecified atom stereocenters. The second-order valence-corrected chi connectivity index (χ2v) is 5.73. The van der Waals surface area contributed by atoms with Crippen LogP contribution in [-0.2, 0) is 4.79 Å². The molecule has 1 aromatic rings. The molecule has 0 aliphatic carbocycles. The highest BCUT2D eigenvalue weighted by atomic mass is 16.5. The molecule has 3 amide bonds. The van der Waals surface area contributed by atoms with E-state index in [1.807, 2.05) is 12.1 Å². The monoisotopic (exact) mass is 317 g/mol. The summed E-state index contributed by atoms with van der Waals surface area (Å²) in [6.07, 6.45) is -0.622. The van der Waals surface area contributed by atoms with Crippen LogP contribution in [0.3, 0.4) is 0 Å². The Morgan fingerprint density at radius 3 is 2.65 bits per heavy atom. The number of carbonyl (C=O) groups is 2. The van der Waals surface area contributed by atoms with Crippen LogP contribution in [0.5, 0.6) is 5.75 Å². The number of nitrogens with one attached hydrogen (secondary N) is 2. The number of amides is 3. The third-order valence-corrected chi connectivity index (χ3v) is 3.95. The summed E-state index contributed by atoms with van der Waals surface area (Å²) in [6, 6.07) is 6.38. The molecular formula is C16H19N3O4. The van der Waals surface area contributed by atoms with Crippen molar-refractivity contribution >= 4 is 11.9 Å². The van der Waals surface area contributed by atoms with Crippen LogP contribution in [0.25, 0.3) is 0 Å². The van der Waals surface area contributed by atoms with E-state index in [9.17, 15) is 14.7 Å². The Bertz CT molecular complexity index is 666. The van der Waals surface area contributed by atoms with E-state index in [1.165, 1.54) is 0 Å². The van der Waals surface area contributed by atoms with Crippen LogP contribution < -0.4 is 15.4 Å². The number of methoxy groups -OCH3 is 1. The molecule has 3 rings (SSSR count). The smallest absolute Gasteiger partial charge is 0.319 e. The molecule has 2 atom stereocenters. The summed E-state index contributed by atoms with van der Waals surface area (Å²) in [7, 11) is 1.58. The number of hydrogen-bond acceptors (Lipinski definition) is 4. The second-order valence-electron chi connectivity index (χ2n) is 5.73. The number of hydrogen-bond donors (Lipinski definition) is 3. The molecule has 122 valence electrons. The average Bonchev–Trinajstić information content (AvgIpc) is 2.82. The van der Waals surface area contributed by atoms with E-state index in [1.54, 1.807) is 31.1 Å². The van der Waals surface area contributed by atoms with Gasteiger partial charge in [0, 0.05) is 6.54 Å². The van der Waals surface area contributed by atoms with Gasteiger partial charge in [0.2, 0.25) is 0 Å². The van der Waals surface area contributed by atoms with Crippen LogP contribution in [0.15, 0.2) is 35.5 Å².